The van der Waals surface area contributed by atoms with E-state index in [-0.39, 0.29) is 5.95 Å². The van der Waals surface area contributed by atoms with Crippen molar-refractivity contribution in [2.45, 2.75) is 6.92 Å². The number of aromatic nitrogens is 3. The van der Waals surface area contributed by atoms with E-state index in [0.717, 1.165) is 27.7 Å². The first-order valence-corrected chi connectivity index (χ1v) is 9.54. The molecule has 0 bridgehead atoms. The lowest BCUT2D eigenvalue weighted by Gasteiger charge is -2.18. The zero-order valence-electron chi connectivity index (χ0n) is 15.2. The number of benzene rings is 2. The third-order valence-corrected chi connectivity index (χ3v) is 4.97. The molecule has 0 saturated carbocycles. The largest absolute Gasteiger partial charge is 0.478 e. The average Bonchev–Trinajstić information content (AvgIpc) is 2.74. The topological polar surface area (TPSA) is 77.2 Å². The molecule has 4 aromatic rings. The van der Waals surface area contributed by atoms with Crippen LogP contribution in [0, 0.1) is 0 Å². The number of hydrogen-bond acceptors (Lipinski definition) is 6. The Kier molecular flexibility index (Phi) is 5.08. The number of nitrogens with two attached hydrogens (primary N) is 1. The molecular formula is C21H18BrN5O. The number of ether oxygens (including phenoxy) is 1. The van der Waals surface area contributed by atoms with Crippen LogP contribution in [-0.4, -0.2) is 21.6 Å². The van der Waals surface area contributed by atoms with Crippen LogP contribution in [0.1, 0.15) is 6.92 Å². The molecule has 2 N–H and O–H groups in total. The minimum Gasteiger partial charge on any atom is -0.478 e. The fourth-order valence-corrected chi connectivity index (χ4v) is 3.43. The van der Waals surface area contributed by atoms with Gasteiger partial charge in [-0.15, -0.1) is 0 Å². The van der Waals surface area contributed by atoms with Gasteiger partial charge in [0.1, 0.15) is 0 Å². The highest BCUT2D eigenvalue weighted by atomic mass is 79.9. The van der Waals surface area contributed by atoms with Crippen molar-refractivity contribution in [3.63, 3.8) is 0 Å². The Bertz CT molecular complexity index is 1100. The molecular weight excluding hydrogens is 418 g/mol. The predicted octanol–water partition coefficient (Wildman–Crippen LogP) is 5.12. The number of halogens is 1. The van der Waals surface area contributed by atoms with Crippen LogP contribution < -0.4 is 14.4 Å². The van der Waals surface area contributed by atoms with E-state index in [9.17, 15) is 0 Å². The van der Waals surface area contributed by atoms with Crippen LogP contribution in [0.4, 0.5) is 17.5 Å². The van der Waals surface area contributed by atoms with E-state index in [2.05, 4.69) is 31.1 Å². The normalized spacial score (nSPS) is 10.8. The van der Waals surface area contributed by atoms with Crippen molar-refractivity contribution in [2.75, 3.05) is 16.3 Å². The fraction of sp³-hybridized carbons (Fsp3) is 0.0952. The van der Waals surface area contributed by atoms with E-state index in [1.807, 2.05) is 71.5 Å². The average molecular weight is 436 g/mol. The van der Waals surface area contributed by atoms with Gasteiger partial charge in [0.15, 0.2) is 5.82 Å². The van der Waals surface area contributed by atoms with Gasteiger partial charge < -0.3 is 10.5 Å². The minimum atomic E-state index is 0.221. The number of anilines is 3. The summed E-state index contributed by atoms with van der Waals surface area (Å²) in [4.78, 5) is 13.2. The van der Waals surface area contributed by atoms with Gasteiger partial charge in [-0.3, -0.25) is 3.93 Å². The summed E-state index contributed by atoms with van der Waals surface area (Å²) in [5.41, 5.74) is 9.64. The number of para-hydroxylation sites is 1. The number of rotatable bonds is 5. The van der Waals surface area contributed by atoms with Gasteiger partial charge in [0.25, 0.3) is 0 Å². The Hall–Kier alpha value is -3.19. The van der Waals surface area contributed by atoms with Crippen molar-refractivity contribution >= 4 is 44.5 Å². The van der Waals surface area contributed by atoms with Crippen LogP contribution in [0.15, 0.2) is 66.9 Å². The number of fused-ring (bicyclic) bond motifs is 1. The molecule has 2 aromatic carbocycles. The van der Waals surface area contributed by atoms with Crippen molar-refractivity contribution in [1.82, 2.24) is 15.0 Å². The first kappa shape index (κ1) is 18.2. The van der Waals surface area contributed by atoms with Crippen molar-refractivity contribution in [3.05, 3.63) is 66.9 Å². The van der Waals surface area contributed by atoms with Gasteiger partial charge in [0, 0.05) is 23.2 Å². The molecule has 0 unspecified atom stereocenters. The summed E-state index contributed by atoms with van der Waals surface area (Å²) in [6.45, 7) is 2.52. The summed E-state index contributed by atoms with van der Waals surface area (Å²) >= 11 is 3.62. The highest BCUT2D eigenvalue weighted by Crippen LogP contribution is 2.35. The zero-order valence-corrected chi connectivity index (χ0v) is 16.8. The molecule has 0 atom stereocenters. The summed E-state index contributed by atoms with van der Waals surface area (Å²) < 4.78 is 7.25. The molecule has 0 amide bonds. The highest BCUT2D eigenvalue weighted by molar-refractivity contribution is 9.10. The second-order valence-electron chi connectivity index (χ2n) is 6.07. The smallest absolute Gasteiger partial charge is 0.222 e. The SMILES string of the molecule is CCOc1ccc(-c2ccc3nc(N)nc(N(Br)c4ccccc4)c3c2)cn1. The molecule has 28 heavy (non-hydrogen) atoms. The van der Waals surface area contributed by atoms with E-state index in [1.54, 1.807) is 6.20 Å². The van der Waals surface area contributed by atoms with E-state index in [4.69, 9.17) is 10.5 Å². The van der Waals surface area contributed by atoms with Gasteiger partial charge in [-0.25, -0.2) is 9.97 Å². The molecule has 2 heterocycles. The zero-order chi connectivity index (χ0) is 19.5. The second kappa shape index (κ2) is 7.82. The third-order valence-electron chi connectivity index (χ3n) is 4.22. The quantitative estimate of drug-likeness (QED) is 0.438. The molecule has 7 heteroatoms. The van der Waals surface area contributed by atoms with Gasteiger partial charge >= 0.3 is 0 Å². The molecule has 0 fully saturated rings. The first-order chi connectivity index (χ1) is 13.7. The Morgan fingerprint density at radius 1 is 1.00 bits per heavy atom. The van der Waals surface area contributed by atoms with Crippen LogP contribution in [0.5, 0.6) is 5.88 Å². The molecule has 0 spiro atoms. The second-order valence-corrected chi connectivity index (χ2v) is 6.78. The molecule has 4 rings (SSSR count). The summed E-state index contributed by atoms with van der Waals surface area (Å²) in [7, 11) is 0. The van der Waals surface area contributed by atoms with Crippen molar-refractivity contribution in [1.29, 1.82) is 0 Å². The summed E-state index contributed by atoms with van der Waals surface area (Å²) in [5, 5.41) is 0.876. The van der Waals surface area contributed by atoms with Gasteiger partial charge in [-0.1, -0.05) is 24.3 Å². The fourth-order valence-electron chi connectivity index (χ4n) is 2.92. The van der Waals surface area contributed by atoms with Crippen molar-refractivity contribution < 1.29 is 4.74 Å². The number of hydrogen-bond donors (Lipinski definition) is 1. The van der Waals surface area contributed by atoms with E-state index in [0.29, 0.717) is 18.3 Å². The maximum atomic E-state index is 5.94. The Morgan fingerprint density at radius 2 is 1.79 bits per heavy atom. The summed E-state index contributed by atoms with van der Waals surface area (Å²) in [6.07, 6.45) is 1.80. The molecule has 0 aliphatic rings. The van der Waals surface area contributed by atoms with E-state index in [1.165, 1.54) is 0 Å². The van der Waals surface area contributed by atoms with Crippen LogP contribution in [-0.2, 0) is 0 Å². The van der Waals surface area contributed by atoms with Crippen molar-refractivity contribution in [3.8, 4) is 17.0 Å². The van der Waals surface area contributed by atoms with Crippen LogP contribution >= 0.6 is 16.1 Å². The van der Waals surface area contributed by atoms with Crippen molar-refractivity contribution in [2.24, 2.45) is 0 Å². The molecule has 140 valence electrons. The van der Waals surface area contributed by atoms with Gasteiger partial charge in [0.2, 0.25) is 11.8 Å². The molecule has 0 aliphatic heterocycles. The molecule has 0 aliphatic carbocycles. The molecule has 6 nitrogen and oxygen atoms in total. The van der Waals surface area contributed by atoms with Gasteiger partial charge in [-0.2, -0.15) is 4.98 Å². The Morgan fingerprint density at radius 3 is 2.50 bits per heavy atom. The standard InChI is InChI=1S/C21H18BrN5O/c1-2-28-19-11-9-15(13-24-19)14-8-10-18-17(12-14)20(26-21(23)25-18)27(22)16-6-4-3-5-7-16/h3-13H,2H2,1H3,(H2,23,25,26). The number of nitrogen functional groups attached to an aromatic ring is 1. The van der Waals surface area contributed by atoms with Crippen LogP contribution in [0.25, 0.3) is 22.0 Å². The Labute approximate surface area is 171 Å². The first-order valence-electron chi connectivity index (χ1n) is 8.83. The summed E-state index contributed by atoms with van der Waals surface area (Å²) in [5.74, 6) is 1.51. The third kappa shape index (κ3) is 3.61. The van der Waals surface area contributed by atoms with Gasteiger partial charge in [0.05, 0.1) is 34.0 Å². The van der Waals surface area contributed by atoms with E-state index < -0.39 is 0 Å². The van der Waals surface area contributed by atoms with E-state index >= 15 is 0 Å². The Balaban J connectivity index is 1.81. The lowest BCUT2D eigenvalue weighted by molar-refractivity contribution is 0.327. The predicted molar refractivity (Wildman–Crippen MR) is 116 cm³/mol. The molecule has 2 aromatic heterocycles. The maximum Gasteiger partial charge on any atom is 0.222 e. The monoisotopic (exact) mass is 435 g/mol. The number of nitrogens with zero attached hydrogens (tertiary/aromatic N) is 4. The van der Waals surface area contributed by atoms with Crippen LogP contribution in [0.2, 0.25) is 0 Å². The summed E-state index contributed by atoms with van der Waals surface area (Å²) in [6, 6.07) is 19.7. The number of pyridine rings is 1. The molecule has 0 radical (unpaired) electrons. The maximum absolute atomic E-state index is 5.94. The highest BCUT2D eigenvalue weighted by Gasteiger charge is 2.15. The minimum absolute atomic E-state index is 0.221. The lowest BCUT2D eigenvalue weighted by atomic mass is 10.1. The van der Waals surface area contributed by atoms with Gasteiger partial charge in [-0.05, 0) is 42.8 Å². The lowest BCUT2D eigenvalue weighted by Crippen LogP contribution is -2.07. The molecule has 0 saturated heterocycles. The van der Waals surface area contributed by atoms with Crippen LogP contribution in [0.3, 0.4) is 0 Å².